The summed E-state index contributed by atoms with van der Waals surface area (Å²) in [6.45, 7) is -0.731. The number of carbonyl (C=O) groups is 1. The Balaban J connectivity index is 2.86. The van der Waals surface area contributed by atoms with Crippen LogP contribution in [0.25, 0.3) is 0 Å². The van der Waals surface area contributed by atoms with E-state index in [0.717, 1.165) is 6.07 Å². The van der Waals surface area contributed by atoms with E-state index in [0.29, 0.717) is 4.47 Å². The van der Waals surface area contributed by atoms with E-state index >= 15 is 0 Å². The summed E-state index contributed by atoms with van der Waals surface area (Å²) in [7, 11) is 0. The zero-order chi connectivity index (χ0) is 12.3. The van der Waals surface area contributed by atoms with Crippen LogP contribution in [0.5, 0.6) is 0 Å². The van der Waals surface area contributed by atoms with Crippen LogP contribution >= 0.6 is 15.9 Å². The van der Waals surface area contributed by atoms with Crippen molar-refractivity contribution in [3.8, 4) is 0 Å². The second-order valence-electron chi connectivity index (χ2n) is 2.85. The summed E-state index contributed by atoms with van der Waals surface area (Å²) in [5, 5.41) is 8.65. The maximum atomic E-state index is 11.8. The first-order valence-electron chi connectivity index (χ1n) is 4.02. The summed E-state index contributed by atoms with van der Waals surface area (Å²) in [6.07, 6.45) is -4.74. The van der Waals surface area contributed by atoms with Crippen molar-refractivity contribution in [1.82, 2.24) is 0 Å². The Kier molecular flexibility index (Phi) is 3.93. The van der Waals surface area contributed by atoms with Crippen LogP contribution in [0.4, 0.5) is 13.2 Å². The normalized spacial score (nSPS) is 11.5. The van der Waals surface area contributed by atoms with Crippen LogP contribution in [-0.4, -0.2) is 17.4 Å². The molecule has 0 amide bonds. The third-order valence-electron chi connectivity index (χ3n) is 1.68. The molecule has 0 heterocycles. The van der Waals surface area contributed by atoms with Gasteiger partial charge in [-0.3, -0.25) is 4.74 Å². The Morgan fingerprint density at radius 1 is 1.44 bits per heavy atom. The molecule has 1 rings (SSSR count). The van der Waals surface area contributed by atoms with Gasteiger partial charge in [0.05, 0.1) is 12.2 Å². The van der Waals surface area contributed by atoms with E-state index in [1.807, 2.05) is 0 Å². The van der Waals surface area contributed by atoms with Gasteiger partial charge in [0.25, 0.3) is 0 Å². The number of rotatable bonds is 3. The standard InChI is InChI=1S/C9H6BrF3O3/c10-7-2-1-5(8(14)15)3-6(7)4-16-9(11,12)13/h1-3H,4H2,(H,14,15). The third kappa shape index (κ3) is 3.82. The average molecular weight is 299 g/mol. The molecule has 0 aliphatic rings. The van der Waals surface area contributed by atoms with E-state index in [-0.39, 0.29) is 11.1 Å². The number of carboxylic acid groups (broad SMARTS) is 1. The van der Waals surface area contributed by atoms with Crippen molar-refractivity contribution in [3.63, 3.8) is 0 Å². The maximum absolute atomic E-state index is 11.8. The van der Waals surface area contributed by atoms with Crippen LogP contribution in [0.15, 0.2) is 22.7 Å². The molecule has 0 aromatic heterocycles. The Labute approximate surface area is 97.0 Å². The monoisotopic (exact) mass is 298 g/mol. The number of ether oxygens (including phenoxy) is 1. The number of halogens is 4. The van der Waals surface area contributed by atoms with E-state index in [1.54, 1.807) is 0 Å². The molecule has 0 atom stereocenters. The lowest BCUT2D eigenvalue weighted by Gasteiger charge is -2.09. The highest BCUT2D eigenvalue weighted by Gasteiger charge is 2.29. The molecule has 7 heteroatoms. The second-order valence-corrected chi connectivity index (χ2v) is 3.70. The van der Waals surface area contributed by atoms with Gasteiger partial charge in [0.15, 0.2) is 0 Å². The molecular formula is C9H6BrF3O3. The van der Waals surface area contributed by atoms with Crippen molar-refractivity contribution in [2.45, 2.75) is 13.0 Å². The summed E-state index contributed by atoms with van der Waals surface area (Å²) in [5.41, 5.74) is 0.0289. The molecule has 88 valence electrons. The number of aromatic carboxylic acids is 1. The molecule has 1 aromatic carbocycles. The van der Waals surface area contributed by atoms with Gasteiger partial charge in [-0.15, -0.1) is 13.2 Å². The number of benzene rings is 1. The van der Waals surface area contributed by atoms with E-state index in [9.17, 15) is 18.0 Å². The van der Waals surface area contributed by atoms with Crippen LogP contribution in [0.2, 0.25) is 0 Å². The summed E-state index contributed by atoms with van der Waals surface area (Å²) < 4.78 is 39.3. The van der Waals surface area contributed by atoms with Crippen LogP contribution in [0, 0.1) is 0 Å². The molecular weight excluding hydrogens is 293 g/mol. The molecule has 1 aromatic rings. The maximum Gasteiger partial charge on any atom is 0.522 e. The lowest BCUT2D eigenvalue weighted by Crippen LogP contribution is -2.13. The lowest BCUT2D eigenvalue weighted by atomic mass is 10.1. The number of carboxylic acids is 1. The van der Waals surface area contributed by atoms with E-state index in [4.69, 9.17) is 5.11 Å². The molecule has 0 unspecified atom stereocenters. The number of hydrogen-bond donors (Lipinski definition) is 1. The molecule has 0 spiro atoms. The van der Waals surface area contributed by atoms with E-state index in [2.05, 4.69) is 20.7 Å². The van der Waals surface area contributed by atoms with Gasteiger partial charge in [-0.05, 0) is 23.8 Å². The molecule has 0 saturated carbocycles. The van der Waals surface area contributed by atoms with Crippen LogP contribution < -0.4 is 0 Å². The first kappa shape index (κ1) is 13.0. The first-order valence-corrected chi connectivity index (χ1v) is 4.81. The molecule has 0 aliphatic heterocycles. The number of hydrogen-bond acceptors (Lipinski definition) is 2. The molecule has 0 fully saturated rings. The van der Waals surface area contributed by atoms with E-state index in [1.165, 1.54) is 12.1 Å². The zero-order valence-electron chi connectivity index (χ0n) is 7.71. The molecule has 16 heavy (non-hydrogen) atoms. The average Bonchev–Trinajstić information content (AvgIpc) is 2.14. The predicted octanol–water partition coefficient (Wildman–Crippen LogP) is 3.18. The highest BCUT2D eigenvalue weighted by molar-refractivity contribution is 9.10. The van der Waals surface area contributed by atoms with Gasteiger partial charge in [-0.1, -0.05) is 15.9 Å². The van der Waals surface area contributed by atoms with Gasteiger partial charge in [-0.25, -0.2) is 4.79 Å². The van der Waals surface area contributed by atoms with Crippen LogP contribution in [-0.2, 0) is 11.3 Å². The second kappa shape index (κ2) is 4.84. The van der Waals surface area contributed by atoms with E-state index < -0.39 is 18.9 Å². The largest absolute Gasteiger partial charge is 0.522 e. The summed E-state index contributed by atoms with van der Waals surface area (Å²) in [4.78, 5) is 10.6. The quantitative estimate of drug-likeness (QED) is 0.932. The Hall–Kier alpha value is -1.08. The smallest absolute Gasteiger partial charge is 0.478 e. The molecule has 0 saturated heterocycles. The molecule has 3 nitrogen and oxygen atoms in total. The van der Waals surface area contributed by atoms with Crippen molar-refractivity contribution < 1.29 is 27.8 Å². The summed E-state index contributed by atoms with van der Waals surface area (Å²) >= 11 is 3.01. The van der Waals surface area contributed by atoms with Gasteiger partial charge < -0.3 is 5.11 Å². The minimum atomic E-state index is -4.74. The van der Waals surface area contributed by atoms with Crippen molar-refractivity contribution in [2.24, 2.45) is 0 Å². The van der Waals surface area contributed by atoms with Crippen molar-refractivity contribution >= 4 is 21.9 Å². The van der Waals surface area contributed by atoms with Crippen molar-refractivity contribution in [3.05, 3.63) is 33.8 Å². The summed E-state index contributed by atoms with van der Waals surface area (Å²) in [5.74, 6) is -1.21. The first-order chi connectivity index (χ1) is 7.29. The molecule has 0 radical (unpaired) electrons. The third-order valence-corrected chi connectivity index (χ3v) is 2.46. The Bertz CT molecular complexity index is 403. The summed E-state index contributed by atoms with van der Waals surface area (Å²) in [6, 6.07) is 3.76. The van der Waals surface area contributed by atoms with Gasteiger partial charge in [0.1, 0.15) is 0 Å². The topological polar surface area (TPSA) is 46.5 Å². The van der Waals surface area contributed by atoms with Crippen LogP contribution in [0.1, 0.15) is 15.9 Å². The SMILES string of the molecule is O=C(O)c1ccc(Br)c(COC(F)(F)F)c1. The lowest BCUT2D eigenvalue weighted by molar-refractivity contribution is -0.330. The molecule has 1 N–H and O–H groups in total. The predicted molar refractivity (Wildman–Crippen MR) is 51.9 cm³/mol. The Morgan fingerprint density at radius 3 is 2.56 bits per heavy atom. The van der Waals surface area contributed by atoms with Crippen LogP contribution in [0.3, 0.4) is 0 Å². The van der Waals surface area contributed by atoms with Gasteiger partial charge in [0.2, 0.25) is 0 Å². The molecule has 0 aliphatic carbocycles. The van der Waals surface area contributed by atoms with Crippen molar-refractivity contribution in [1.29, 1.82) is 0 Å². The minimum Gasteiger partial charge on any atom is -0.478 e. The Morgan fingerprint density at radius 2 is 2.06 bits per heavy atom. The van der Waals surface area contributed by atoms with Gasteiger partial charge in [-0.2, -0.15) is 0 Å². The fourth-order valence-corrected chi connectivity index (χ4v) is 1.34. The number of alkyl halides is 3. The zero-order valence-corrected chi connectivity index (χ0v) is 9.30. The molecule has 0 bridgehead atoms. The highest BCUT2D eigenvalue weighted by atomic mass is 79.9. The van der Waals surface area contributed by atoms with Gasteiger partial charge in [0, 0.05) is 4.47 Å². The fraction of sp³-hybridized carbons (Fsp3) is 0.222. The van der Waals surface area contributed by atoms with Crippen molar-refractivity contribution in [2.75, 3.05) is 0 Å². The van der Waals surface area contributed by atoms with Gasteiger partial charge >= 0.3 is 12.3 Å². The minimum absolute atomic E-state index is 0.0935. The highest BCUT2D eigenvalue weighted by Crippen LogP contribution is 2.24. The fourth-order valence-electron chi connectivity index (χ4n) is 0.978.